The van der Waals surface area contributed by atoms with Gasteiger partial charge in [-0.15, -0.1) is 0 Å². The molecule has 15 nitrogen and oxygen atoms in total. The molecule has 4 N–H and O–H groups in total. The molecule has 0 atom stereocenters. The summed E-state index contributed by atoms with van der Waals surface area (Å²) in [6.07, 6.45) is 20.2. The Morgan fingerprint density at radius 2 is 1.06 bits per heavy atom. The van der Waals surface area contributed by atoms with Gasteiger partial charge in [0, 0.05) is 71.8 Å². The predicted octanol–water partition coefficient (Wildman–Crippen LogP) is 4.91. The quantitative estimate of drug-likeness (QED) is 0.0698. The van der Waals surface area contributed by atoms with Gasteiger partial charge in [0.25, 0.3) is 0 Å². The van der Waals surface area contributed by atoms with Crippen molar-refractivity contribution >= 4 is 29.1 Å². The summed E-state index contributed by atoms with van der Waals surface area (Å²) in [5.74, 6) is 6.83. The van der Waals surface area contributed by atoms with Crippen LogP contribution in [0.4, 0.5) is 5.95 Å². The van der Waals surface area contributed by atoms with Gasteiger partial charge in [0.2, 0.25) is 11.2 Å². The molecular weight excluding hydrogens is 710 g/mol. The molecule has 0 bridgehead atoms. The molecule has 16 heteroatoms. The first-order chi connectivity index (χ1) is 26.3. The van der Waals surface area contributed by atoms with Crippen molar-refractivity contribution in [1.82, 2.24) is 45.3 Å². The molecule has 0 spiro atoms. The van der Waals surface area contributed by atoms with Crippen molar-refractivity contribution in [3.05, 3.63) is 149 Å². The summed E-state index contributed by atoms with van der Waals surface area (Å²) < 4.78 is 10.2. The molecule has 2 saturated carbocycles. The number of nitrogens with zero attached hydrogens (tertiary/aromatic N) is 8. The van der Waals surface area contributed by atoms with Crippen LogP contribution in [0.2, 0.25) is 5.28 Å². The highest BCUT2D eigenvalue weighted by Crippen LogP contribution is 2.47. The molecule has 2 aliphatic rings. The van der Waals surface area contributed by atoms with Crippen LogP contribution >= 0.6 is 11.6 Å². The fraction of sp³-hybridized carbons (Fsp3) is 0.211. The number of rotatable bonds is 11. The standard InChI is InChI=1S/C19H17N5O2.C12H9ClN2O2.C7H10N4/c1-26-16-4-2-3-13(7-16)17(25)14-8-22-18(23-9-14)24-19(5-6-19)15-10-20-12-21-11-15;1-17-10-4-2-3-8(5-10)11(16)9-6-14-12(13)15-7-9;8-11-7(1-2-7)6-3-9-5-10-4-6/h2-4,7-12H,5-6H2,1H3,(H,22,23,24);2-7H,1H3;3-5,11H,1-2,8H2. The second-order valence-electron chi connectivity index (χ2n) is 12.3. The zero-order valence-electron chi connectivity index (χ0n) is 29.4. The number of carbonyl (C=O) groups is 2. The van der Waals surface area contributed by atoms with Gasteiger partial charge in [-0.05, 0) is 61.5 Å². The Labute approximate surface area is 315 Å². The Kier molecular flexibility index (Phi) is 11.8. The van der Waals surface area contributed by atoms with Crippen LogP contribution in [0.3, 0.4) is 0 Å². The van der Waals surface area contributed by atoms with Crippen molar-refractivity contribution < 1.29 is 19.1 Å². The molecule has 8 rings (SSSR count). The van der Waals surface area contributed by atoms with Gasteiger partial charge in [-0.3, -0.25) is 15.4 Å². The first-order valence-corrected chi connectivity index (χ1v) is 17.1. The molecule has 2 aromatic carbocycles. The van der Waals surface area contributed by atoms with E-state index in [1.54, 1.807) is 87.5 Å². The first-order valence-electron chi connectivity index (χ1n) is 16.7. The number of aromatic nitrogens is 8. The van der Waals surface area contributed by atoms with Gasteiger partial charge in [-0.1, -0.05) is 24.3 Å². The van der Waals surface area contributed by atoms with Crippen LogP contribution in [-0.2, 0) is 11.1 Å². The third-order valence-corrected chi connectivity index (χ3v) is 9.01. The molecule has 4 aromatic heterocycles. The van der Waals surface area contributed by atoms with Crippen molar-refractivity contribution in [2.24, 2.45) is 5.84 Å². The van der Waals surface area contributed by atoms with Gasteiger partial charge >= 0.3 is 0 Å². The van der Waals surface area contributed by atoms with Crippen LogP contribution in [0.5, 0.6) is 11.5 Å². The number of methoxy groups -OCH3 is 2. The van der Waals surface area contributed by atoms with E-state index < -0.39 is 0 Å². The molecule has 0 aliphatic heterocycles. The molecule has 0 radical (unpaired) electrons. The second kappa shape index (κ2) is 17.0. The Morgan fingerprint density at radius 1 is 0.630 bits per heavy atom. The molecule has 0 amide bonds. The highest BCUT2D eigenvalue weighted by molar-refractivity contribution is 6.28. The van der Waals surface area contributed by atoms with Crippen molar-refractivity contribution in [2.75, 3.05) is 19.5 Å². The first kappa shape index (κ1) is 37.5. The minimum absolute atomic E-state index is 0.0126. The third kappa shape index (κ3) is 9.19. The largest absolute Gasteiger partial charge is 0.497 e. The van der Waals surface area contributed by atoms with Crippen LogP contribution in [0, 0.1) is 0 Å². The summed E-state index contributed by atoms with van der Waals surface area (Å²) in [5.41, 5.74) is 6.55. The van der Waals surface area contributed by atoms with Gasteiger partial charge in [0.1, 0.15) is 24.2 Å². The number of hydrazine groups is 1. The average Bonchev–Trinajstić information content (AvgIpc) is 4.19. The monoisotopic (exact) mass is 745 g/mol. The number of nitrogens with one attached hydrogen (secondary N) is 2. The zero-order valence-corrected chi connectivity index (χ0v) is 30.1. The van der Waals surface area contributed by atoms with E-state index in [2.05, 4.69) is 50.6 Å². The minimum atomic E-state index is -0.209. The lowest BCUT2D eigenvalue weighted by molar-refractivity contribution is 0.103. The normalized spacial score (nSPS) is 14.1. The Morgan fingerprint density at radius 3 is 1.46 bits per heavy atom. The highest BCUT2D eigenvalue weighted by Gasteiger charge is 2.45. The number of ether oxygens (including phenoxy) is 2. The number of anilines is 1. The van der Waals surface area contributed by atoms with Crippen molar-refractivity contribution in [2.45, 2.75) is 36.8 Å². The van der Waals surface area contributed by atoms with Gasteiger partial charge in [-0.2, -0.15) is 0 Å². The Bertz CT molecular complexity index is 2170. The summed E-state index contributed by atoms with van der Waals surface area (Å²) in [5, 5.41) is 3.45. The topological polar surface area (TPSA) is 206 Å². The molecule has 54 heavy (non-hydrogen) atoms. The molecule has 0 saturated heterocycles. The number of hydrogen-bond donors (Lipinski definition) is 3. The van der Waals surface area contributed by atoms with Crippen LogP contribution in [0.15, 0.2) is 111 Å². The molecular formula is C38H36ClN11O4. The summed E-state index contributed by atoms with van der Waals surface area (Å²) in [6, 6.07) is 13.9. The highest BCUT2D eigenvalue weighted by atomic mass is 35.5. The SMILES string of the molecule is COc1cccc(C(=O)c2cnc(Cl)nc2)c1.COc1cccc(C(=O)c2cnc(NC3(c4cncnc4)CC3)nc2)c1.NNC1(c2cncnc2)CC1. The molecule has 2 fully saturated rings. The minimum Gasteiger partial charge on any atom is -0.497 e. The van der Waals surface area contributed by atoms with E-state index in [-0.39, 0.29) is 27.9 Å². The van der Waals surface area contributed by atoms with E-state index in [0.717, 1.165) is 36.8 Å². The molecule has 6 aromatic rings. The number of nitrogens with two attached hydrogens (primary N) is 1. The van der Waals surface area contributed by atoms with E-state index in [0.29, 0.717) is 39.7 Å². The van der Waals surface area contributed by atoms with E-state index in [1.807, 2.05) is 0 Å². The molecule has 0 unspecified atom stereocenters. The van der Waals surface area contributed by atoms with Crippen LogP contribution in [-0.4, -0.2) is 65.7 Å². The lowest BCUT2D eigenvalue weighted by atomic mass is 10.1. The Balaban J connectivity index is 0.000000152. The van der Waals surface area contributed by atoms with Crippen molar-refractivity contribution in [3.63, 3.8) is 0 Å². The smallest absolute Gasteiger partial charge is 0.223 e. The van der Waals surface area contributed by atoms with Gasteiger partial charge in [0.05, 0.1) is 36.4 Å². The summed E-state index contributed by atoms with van der Waals surface area (Å²) >= 11 is 5.56. The number of halogens is 1. The third-order valence-electron chi connectivity index (χ3n) is 8.81. The van der Waals surface area contributed by atoms with E-state index >= 15 is 0 Å². The van der Waals surface area contributed by atoms with Gasteiger partial charge in [0.15, 0.2) is 11.6 Å². The van der Waals surface area contributed by atoms with E-state index in [9.17, 15) is 9.59 Å². The maximum atomic E-state index is 12.6. The summed E-state index contributed by atoms with van der Waals surface area (Å²) in [6.45, 7) is 0. The number of benzene rings is 2. The lowest BCUT2D eigenvalue weighted by Gasteiger charge is -2.16. The maximum Gasteiger partial charge on any atom is 0.223 e. The lowest BCUT2D eigenvalue weighted by Crippen LogP contribution is -2.35. The maximum absolute atomic E-state index is 12.6. The molecule has 274 valence electrons. The van der Waals surface area contributed by atoms with Gasteiger partial charge < -0.3 is 14.8 Å². The summed E-state index contributed by atoms with van der Waals surface area (Å²) in [4.78, 5) is 56.8. The number of ketones is 2. The summed E-state index contributed by atoms with van der Waals surface area (Å²) in [7, 11) is 3.12. The Hall–Kier alpha value is -6.29. The number of carbonyl (C=O) groups excluding carboxylic acids is 2. The predicted molar refractivity (Wildman–Crippen MR) is 199 cm³/mol. The second-order valence-corrected chi connectivity index (χ2v) is 12.7. The molecule has 4 heterocycles. The van der Waals surface area contributed by atoms with Crippen LogP contribution in [0.25, 0.3) is 0 Å². The van der Waals surface area contributed by atoms with Crippen molar-refractivity contribution in [1.29, 1.82) is 0 Å². The fourth-order valence-electron chi connectivity index (χ4n) is 5.36. The fourth-order valence-corrected chi connectivity index (χ4v) is 5.46. The van der Waals surface area contributed by atoms with Gasteiger partial charge in [-0.25, -0.2) is 45.3 Å². The average molecular weight is 746 g/mol. The zero-order chi connectivity index (χ0) is 38.0. The molecule has 2 aliphatic carbocycles. The van der Waals surface area contributed by atoms with Crippen molar-refractivity contribution in [3.8, 4) is 11.5 Å². The van der Waals surface area contributed by atoms with Crippen LogP contribution < -0.4 is 26.1 Å². The van der Waals surface area contributed by atoms with Crippen LogP contribution in [0.1, 0.15) is 68.7 Å². The number of hydrogen-bond acceptors (Lipinski definition) is 15. The van der Waals surface area contributed by atoms with E-state index in [1.165, 1.54) is 37.4 Å². The van der Waals surface area contributed by atoms with E-state index in [4.69, 9.17) is 26.9 Å².